The maximum absolute atomic E-state index is 12.8. The van der Waals surface area contributed by atoms with E-state index in [1.54, 1.807) is 23.1 Å². The van der Waals surface area contributed by atoms with Gasteiger partial charge in [0.15, 0.2) is 0 Å². The number of halogens is 2. The summed E-state index contributed by atoms with van der Waals surface area (Å²) in [6.45, 7) is 1.17. The largest absolute Gasteiger partial charge is 0.449 e. The van der Waals surface area contributed by atoms with Gasteiger partial charge in [-0.1, -0.05) is 23.2 Å². The highest BCUT2D eigenvalue weighted by molar-refractivity contribution is 6.31. The molecule has 4 rings (SSSR count). The number of carbonyl (C=O) groups excluding carboxylic acids is 3. The fourth-order valence-electron chi connectivity index (χ4n) is 3.97. The van der Waals surface area contributed by atoms with Crippen LogP contribution in [0.3, 0.4) is 0 Å². The van der Waals surface area contributed by atoms with E-state index < -0.39 is 6.09 Å². The van der Waals surface area contributed by atoms with Gasteiger partial charge in [0.05, 0.1) is 13.0 Å². The van der Waals surface area contributed by atoms with E-state index in [0.29, 0.717) is 28.8 Å². The molecular formula is C23H23Cl2N5O4. The monoisotopic (exact) mass is 503 g/mol. The third kappa shape index (κ3) is 5.73. The van der Waals surface area contributed by atoms with E-state index in [2.05, 4.69) is 20.4 Å². The second kappa shape index (κ2) is 10.2. The summed E-state index contributed by atoms with van der Waals surface area (Å²) in [5, 5.41) is 7.78. The Morgan fingerprint density at radius 3 is 2.74 bits per heavy atom. The van der Waals surface area contributed by atoms with Gasteiger partial charge in [-0.3, -0.25) is 4.79 Å². The van der Waals surface area contributed by atoms with Gasteiger partial charge in [-0.25, -0.2) is 9.59 Å². The molecule has 0 bridgehead atoms. The first-order valence-corrected chi connectivity index (χ1v) is 11.4. The number of urea groups is 1. The minimum absolute atomic E-state index is 0.0432. The molecule has 0 aliphatic carbocycles. The van der Waals surface area contributed by atoms with Gasteiger partial charge >= 0.3 is 12.1 Å². The number of amides is 4. The Balaban J connectivity index is 1.34. The van der Waals surface area contributed by atoms with Crippen LogP contribution in [0.1, 0.15) is 23.2 Å². The van der Waals surface area contributed by atoms with Crippen molar-refractivity contribution in [3.05, 3.63) is 63.3 Å². The lowest BCUT2D eigenvalue weighted by Crippen LogP contribution is -2.42. The molecule has 4 amide bonds. The highest BCUT2D eigenvalue weighted by atomic mass is 35.5. The minimum Gasteiger partial charge on any atom is -0.449 e. The fourth-order valence-corrected chi connectivity index (χ4v) is 4.40. The number of aromatic nitrogens is 1. The standard InChI is InChI=1S/C23H23Cl2N5O4/c24-14-1-2-19-18(10-14)17-3-5-30(12-20(17)29-19)23(33)27-11-13-7-15(25)9-16(8-13)28-21(31)4-6-34-22(26)32/h1-2,7-10,29H,3-6,11-12H2,(H2,26,32)(H,27,33)(H,28,31). The number of nitrogens with one attached hydrogen (secondary N) is 3. The Labute approximate surface area is 205 Å². The Morgan fingerprint density at radius 1 is 1.12 bits per heavy atom. The lowest BCUT2D eigenvalue weighted by atomic mass is 10.0. The zero-order valence-corrected chi connectivity index (χ0v) is 19.6. The summed E-state index contributed by atoms with van der Waals surface area (Å²) in [6, 6.07) is 10.6. The van der Waals surface area contributed by atoms with E-state index >= 15 is 0 Å². The first-order chi connectivity index (χ1) is 16.3. The molecular weight excluding hydrogens is 481 g/mol. The molecule has 2 aromatic carbocycles. The van der Waals surface area contributed by atoms with Crippen molar-refractivity contribution in [2.75, 3.05) is 18.5 Å². The third-order valence-electron chi connectivity index (χ3n) is 5.48. The predicted octanol–water partition coefficient (Wildman–Crippen LogP) is 4.17. The zero-order chi connectivity index (χ0) is 24.2. The SMILES string of the molecule is NC(=O)OCCC(=O)Nc1cc(Cl)cc(CNC(=O)N2CCc3c([nH]c4ccc(Cl)cc34)C2)c1. The van der Waals surface area contributed by atoms with Crippen LogP contribution in [0.5, 0.6) is 0 Å². The summed E-state index contributed by atoms with van der Waals surface area (Å²) in [5.74, 6) is -0.359. The molecule has 9 nitrogen and oxygen atoms in total. The van der Waals surface area contributed by atoms with Crippen LogP contribution in [0.2, 0.25) is 10.0 Å². The summed E-state index contributed by atoms with van der Waals surface area (Å²) < 4.78 is 4.56. The topological polar surface area (TPSA) is 130 Å². The quantitative estimate of drug-likeness (QED) is 0.402. The van der Waals surface area contributed by atoms with Crippen LogP contribution < -0.4 is 16.4 Å². The van der Waals surface area contributed by atoms with Gasteiger partial charge in [0.1, 0.15) is 6.61 Å². The molecule has 0 unspecified atom stereocenters. The molecule has 1 aliphatic rings. The second-order valence-electron chi connectivity index (χ2n) is 7.92. The van der Waals surface area contributed by atoms with Crippen molar-refractivity contribution >= 4 is 57.8 Å². The van der Waals surface area contributed by atoms with Crippen LogP contribution >= 0.6 is 23.2 Å². The van der Waals surface area contributed by atoms with E-state index in [0.717, 1.165) is 28.6 Å². The normalized spacial score (nSPS) is 12.8. The molecule has 3 aromatic rings. The van der Waals surface area contributed by atoms with Crippen molar-refractivity contribution in [3.63, 3.8) is 0 Å². The lowest BCUT2D eigenvalue weighted by molar-refractivity contribution is -0.116. The molecule has 0 fully saturated rings. The molecule has 5 N–H and O–H groups in total. The van der Waals surface area contributed by atoms with E-state index in [1.807, 2.05) is 18.2 Å². The van der Waals surface area contributed by atoms with E-state index in [1.165, 1.54) is 5.56 Å². The molecule has 2 heterocycles. The lowest BCUT2D eigenvalue weighted by Gasteiger charge is -2.27. The molecule has 0 radical (unpaired) electrons. The van der Waals surface area contributed by atoms with Gasteiger partial charge < -0.3 is 31.0 Å². The number of hydrogen-bond acceptors (Lipinski definition) is 4. The third-order valence-corrected chi connectivity index (χ3v) is 5.94. The van der Waals surface area contributed by atoms with E-state index in [9.17, 15) is 14.4 Å². The number of rotatable bonds is 6. The number of anilines is 1. The highest BCUT2D eigenvalue weighted by Gasteiger charge is 2.24. The zero-order valence-electron chi connectivity index (χ0n) is 18.1. The van der Waals surface area contributed by atoms with Crippen LogP contribution in [0.4, 0.5) is 15.3 Å². The molecule has 1 aliphatic heterocycles. The summed E-state index contributed by atoms with van der Waals surface area (Å²) in [6.07, 6.45) is -0.249. The average molecular weight is 504 g/mol. The molecule has 0 spiro atoms. The number of fused-ring (bicyclic) bond motifs is 3. The van der Waals surface area contributed by atoms with Gasteiger partial charge in [0.25, 0.3) is 0 Å². The van der Waals surface area contributed by atoms with Gasteiger partial charge in [-0.15, -0.1) is 0 Å². The minimum atomic E-state index is -0.938. The Bertz CT molecular complexity index is 1260. The van der Waals surface area contributed by atoms with Gasteiger partial charge in [-0.2, -0.15) is 0 Å². The fraction of sp³-hybridized carbons (Fsp3) is 0.261. The van der Waals surface area contributed by atoms with Crippen LogP contribution in [-0.4, -0.2) is 41.1 Å². The van der Waals surface area contributed by atoms with Crippen LogP contribution in [-0.2, 0) is 29.0 Å². The van der Waals surface area contributed by atoms with Gasteiger partial charge in [0.2, 0.25) is 5.91 Å². The number of aromatic amines is 1. The number of H-pyrrole nitrogens is 1. The Morgan fingerprint density at radius 2 is 1.94 bits per heavy atom. The Hall–Kier alpha value is -3.43. The van der Waals surface area contributed by atoms with E-state index in [4.69, 9.17) is 28.9 Å². The number of nitrogens with zero attached hydrogens (tertiary/aromatic N) is 1. The number of hydrogen-bond donors (Lipinski definition) is 4. The van der Waals surface area contributed by atoms with E-state index in [-0.39, 0.29) is 31.5 Å². The van der Waals surface area contributed by atoms with Gasteiger partial charge in [0, 0.05) is 45.4 Å². The van der Waals surface area contributed by atoms with Crippen molar-refractivity contribution in [3.8, 4) is 0 Å². The van der Waals surface area contributed by atoms with Gasteiger partial charge in [-0.05, 0) is 53.9 Å². The molecule has 34 heavy (non-hydrogen) atoms. The summed E-state index contributed by atoms with van der Waals surface area (Å²) in [5.41, 5.74) is 9.28. The molecule has 0 atom stereocenters. The van der Waals surface area contributed by atoms with Crippen LogP contribution in [0, 0.1) is 0 Å². The number of nitrogens with two attached hydrogens (primary N) is 1. The molecule has 1 aromatic heterocycles. The first kappa shape index (κ1) is 23.7. The number of ether oxygens (including phenoxy) is 1. The highest BCUT2D eigenvalue weighted by Crippen LogP contribution is 2.29. The van der Waals surface area contributed by atoms with Crippen molar-refractivity contribution in [2.45, 2.75) is 25.9 Å². The van der Waals surface area contributed by atoms with Crippen LogP contribution in [0.25, 0.3) is 10.9 Å². The first-order valence-electron chi connectivity index (χ1n) is 10.6. The van der Waals surface area contributed by atoms with Crippen molar-refractivity contribution in [2.24, 2.45) is 5.73 Å². The number of primary amides is 1. The predicted molar refractivity (Wildman–Crippen MR) is 130 cm³/mol. The smallest absolute Gasteiger partial charge is 0.404 e. The van der Waals surface area contributed by atoms with Crippen molar-refractivity contribution in [1.29, 1.82) is 0 Å². The summed E-state index contributed by atoms with van der Waals surface area (Å²) in [4.78, 5) is 40.5. The molecule has 0 saturated carbocycles. The van der Waals surface area contributed by atoms with Crippen molar-refractivity contribution in [1.82, 2.24) is 15.2 Å². The number of carbonyl (C=O) groups is 3. The molecule has 178 valence electrons. The molecule has 11 heteroatoms. The summed E-state index contributed by atoms with van der Waals surface area (Å²) in [7, 11) is 0. The number of benzene rings is 2. The maximum Gasteiger partial charge on any atom is 0.404 e. The summed E-state index contributed by atoms with van der Waals surface area (Å²) >= 11 is 12.3. The van der Waals surface area contributed by atoms with Crippen molar-refractivity contribution < 1.29 is 19.1 Å². The Kier molecular flexibility index (Phi) is 7.14. The average Bonchev–Trinajstić information content (AvgIpc) is 3.13. The second-order valence-corrected chi connectivity index (χ2v) is 8.79. The molecule has 0 saturated heterocycles. The van der Waals surface area contributed by atoms with Crippen LogP contribution in [0.15, 0.2) is 36.4 Å². The maximum atomic E-state index is 12.8.